The van der Waals surface area contributed by atoms with E-state index in [-0.39, 0.29) is 11.4 Å². The van der Waals surface area contributed by atoms with Crippen LogP contribution in [0, 0.1) is 0 Å². The van der Waals surface area contributed by atoms with Gasteiger partial charge in [0.15, 0.2) is 0 Å². The molecule has 0 saturated carbocycles. The first-order chi connectivity index (χ1) is 9.67. The Labute approximate surface area is 122 Å². The van der Waals surface area contributed by atoms with E-state index >= 15 is 0 Å². The fraction of sp³-hybridized carbons (Fsp3) is 0.167. The smallest absolute Gasteiger partial charge is 0.266 e. The minimum atomic E-state index is -4.03. The normalized spacial score (nSPS) is 12.5. The van der Waals surface area contributed by atoms with E-state index in [1.165, 1.54) is 12.1 Å². The summed E-state index contributed by atoms with van der Waals surface area (Å²) in [7, 11) is -7.81. The van der Waals surface area contributed by atoms with Crippen LogP contribution in [-0.2, 0) is 20.1 Å². The molecule has 9 heteroatoms. The number of hydrogen-bond donors (Lipinski definition) is 3. The van der Waals surface area contributed by atoms with Crippen LogP contribution in [-0.4, -0.2) is 33.7 Å². The van der Waals surface area contributed by atoms with Crippen molar-refractivity contribution < 1.29 is 21.4 Å². The van der Waals surface area contributed by atoms with E-state index in [0.717, 1.165) is 5.39 Å². The van der Waals surface area contributed by atoms with Gasteiger partial charge < -0.3 is 5.32 Å². The minimum Gasteiger partial charge on any atom is -0.383 e. The molecule has 0 fully saturated rings. The Kier molecular flexibility index (Phi) is 4.19. The molecule has 2 rings (SSSR count). The number of benzene rings is 2. The summed E-state index contributed by atoms with van der Waals surface area (Å²) in [6.45, 7) is 0.0366. The van der Waals surface area contributed by atoms with Gasteiger partial charge in [-0.3, -0.25) is 4.55 Å². The van der Waals surface area contributed by atoms with Gasteiger partial charge in [0, 0.05) is 17.6 Å². The first kappa shape index (κ1) is 15.7. The van der Waals surface area contributed by atoms with Crippen LogP contribution in [0.5, 0.6) is 0 Å². The van der Waals surface area contributed by atoms with E-state index in [0.29, 0.717) is 11.1 Å². The van der Waals surface area contributed by atoms with Gasteiger partial charge >= 0.3 is 0 Å². The van der Waals surface area contributed by atoms with E-state index < -0.39 is 25.9 Å². The molecule has 0 aliphatic rings. The molecule has 0 atom stereocenters. The lowest BCUT2D eigenvalue weighted by Gasteiger charge is -2.10. The summed E-state index contributed by atoms with van der Waals surface area (Å²) in [6.07, 6.45) is 0. The molecular weight excluding hydrogens is 316 g/mol. The Morgan fingerprint density at radius 2 is 1.81 bits per heavy atom. The fourth-order valence-corrected chi connectivity index (χ4v) is 2.82. The SMILES string of the molecule is NS(=O)(=O)c1ccc2c(NCCS(=O)(=O)O)cccc2c1. The van der Waals surface area contributed by atoms with Crippen molar-refractivity contribution in [3.8, 4) is 0 Å². The van der Waals surface area contributed by atoms with E-state index in [1.54, 1.807) is 24.3 Å². The predicted octanol–water partition coefficient (Wildman–Crippen LogP) is 0.787. The Morgan fingerprint density at radius 3 is 2.43 bits per heavy atom. The van der Waals surface area contributed by atoms with Crippen molar-refractivity contribution in [2.45, 2.75) is 4.90 Å². The van der Waals surface area contributed by atoms with Gasteiger partial charge in [0.05, 0.1) is 10.6 Å². The summed E-state index contributed by atoms with van der Waals surface area (Å²) in [6, 6.07) is 9.56. The molecule has 7 nitrogen and oxygen atoms in total. The average Bonchev–Trinajstić information content (AvgIpc) is 2.36. The molecule has 0 heterocycles. The molecule has 2 aromatic rings. The second kappa shape index (κ2) is 5.60. The number of hydrogen-bond acceptors (Lipinski definition) is 5. The summed E-state index contributed by atoms with van der Waals surface area (Å²) in [4.78, 5) is 0.00471. The minimum absolute atomic E-state index is 0.00471. The first-order valence-corrected chi connectivity index (χ1v) is 9.07. The highest BCUT2D eigenvalue weighted by Gasteiger charge is 2.10. The van der Waals surface area contributed by atoms with Gasteiger partial charge in [-0.2, -0.15) is 8.42 Å². The molecule has 0 spiro atoms. The molecule has 21 heavy (non-hydrogen) atoms. The Morgan fingerprint density at radius 1 is 1.10 bits per heavy atom. The monoisotopic (exact) mass is 330 g/mol. The lowest BCUT2D eigenvalue weighted by atomic mass is 10.1. The highest BCUT2D eigenvalue weighted by Crippen LogP contribution is 2.25. The number of fused-ring (bicyclic) bond motifs is 1. The van der Waals surface area contributed by atoms with Crippen LogP contribution in [0.1, 0.15) is 0 Å². The van der Waals surface area contributed by atoms with Crippen LogP contribution in [0.2, 0.25) is 0 Å². The number of sulfonamides is 1. The molecule has 0 aliphatic carbocycles. The van der Waals surface area contributed by atoms with E-state index in [2.05, 4.69) is 5.32 Å². The fourth-order valence-electron chi connectivity index (χ4n) is 1.91. The van der Waals surface area contributed by atoms with Crippen molar-refractivity contribution in [3.05, 3.63) is 36.4 Å². The maximum atomic E-state index is 11.3. The zero-order valence-electron chi connectivity index (χ0n) is 10.9. The summed E-state index contributed by atoms with van der Waals surface area (Å²) < 4.78 is 52.7. The lowest BCUT2D eigenvalue weighted by molar-refractivity contribution is 0.484. The second-order valence-corrected chi connectivity index (χ2v) is 7.58. The highest BCUT2D eigenvalue weighted by molar-refractivity contribution is 7.89. The molecule has 0 bridgehead atoms. The van der Waals surface area contributed by atoms with Crippen molar-refractivity contribution in [2.75, 3.05) is 17.6 Å². The Bertz CT molecular complexity index is 876. The van der Waals surface area contributed by atoms with Crippen molar-refractivity contribution in [1.29, 1.82) is 0 Å². The quantitative estimate of drug-likeness (QED) is 0.696. The van der Waals surface area contributed by atoms with Gasteiger partial charge in [-0.15, -0.1) is 0 Å². The van der Waals surface area contributed by atoms with Gasteiger partial charge in [-0.25, -0.2) is 13.6 Å². The zero-order chi connectivity index (χ0) is 15.7. The zero-order valence-corrected chi connectivity index (χ0v) is 12.5. The molecular formula is C12H14N2O5S2. The van der Waals surface area contributed by atoms with Gasteiger partial charge in [0.1, 0.15) is 0 Å². The largest absolute Gasteiger partial charge is 0.383 e. The molecule has 0 aromatic heterocycles. The van der Waals surface area contributed by atoms with E-state index in [1.807, 2.05) is 0 Å². The van der Waals surface area contributed by atoms with Crippen molar-refractivity contribution >= 4 is 36.6 Å². The predicted molar refractivity (Wildman–Crippen MR) is 80.2 cm³/mol. The standard InChI is InChI=1S/C12H14N2O5S2/c13-21(18,19)10-4-5-11-9(8-10)2-1-3-12(11)14-6-7-20(15,16)17/h1-5,8,14H,6-7H2,(H2,13,18,19)(H,15,16,17). The maximum absolute atomic E-state index is 11.3. The van der Waals surface area contributed by atoms with Crippen LogP contribution < -0.4 is 10.5 Å². The van der Waals surface area contributed by atoms with Gasteiger partial charge in [0.25, 0.3) is 10.1 Å². The van der Waals surface area contributed by atoms with E-state index in [4.69, 9.17) is 9.69 Å². The summed E-state index contributed by atoms with van der Waals surface area (Å²) in [5.74, 6) is -0.418. The molecule has 0 radical (unpaired) electrons. The Hall–Kier alpha value is -1.68. The molecule has 0 saturated heterocycles. The Balaban J connectivity index is 2.34. The highest BCUT2D eigenvalue weighted by atomic mass is 32.2. The van der Waals surface area contributed by atoms with Crippen LogP contribution in [0.4, 0.5) is 5.69 Å². The van der Waals surface area contributed by atoms with Crippen molar-refractivity contribution in [1.82, 2.24) is 0 Å². The summed E-state index contributed by atoms with van der Waals surface area (Å²) >= 11 is 0. The van der Waals surface area contributed by atoms with Crippen molar-refractivity contribution in [2.24, 2.45) is 5.14 Å². The van der Waals surface area contributed by atoms with Crippen LogP contribution in [0.15, 0.2) is 41.3 Å². The van der Waals surface area contributed by atoms with Crippen LogP contribution in [0.3, 0.4) is 0 Å². The van der Waals surface area contributed by atoms with Crippen molar-refractivity contribution in [3.63, 3.8) is 0 Å². The van der Waals surface area contributed by atoms with Gasteiger partial charge in [-0.1, -0.05) is 18.2 Å². The lowest BCUT2D eigenvalue weighted by Crippen LogP contribution is -2.14. The third kappa shape index (κ3) is 4.14. The number of nitrogens with one attached hydrogen (secondary N) is 1. The molecule has 0 amide bonds. The number of nitrogens with two attached hydrogens (primary N) is 1. The maximum Gasteiger partial charge on any atom is 0.266 e. The second-order valence-electron chi connectivity index (χ2n) is 4.45. The average molecular weight is 330 g/mol. The molecule has 2 aromatic carbocycles. The molecule has 114 valence electrons. The topological polar surface area (TPSA) is 127 Å². The molecule has 0 unspecified atom stereocenters. The van der Waals surface area contributed by atoms with Crippen LogP contribution >= 0.6 is 0 Å². The third-order valence-electron chi connectivity index (χ3n) is 2.86. The molecule has 4 N–H and O–H groups in total. The van der Waals surface area contributed by atoms with Gasteiger partial charge in [0.2, 0.25) is 10.0 Å². The third-order valence-corrected chi connectivity index (χ3v) is 4.49. The number of anilines is 1. The first-order valence-electron chi connectivity index (χ1n) is 5.91. The molecule has 0 aliphatic heterocycles. The summed E-state index contributed by atoms with van der Waals surface area (Å²) in [5, 5.41) is 9.33. The van der Waals surface area contributed by atoms with Gasteiger partial charge in [-0.05, 0) is 23.6 Å². The van der Waals surface area contributed by atoms with E-state index in [9.17, 15) is 16.8 Å². The summed E-state index contributed by atoms with van der Waals surface area (Å²) in [5.41, 5.74) is 0.636. The number of primary sulfonamides is 1. The number of rotatable bonds is 5. The van der Waals surface area contributed by atoms with Crippen LogP contribution in [0.25, 0.3) is 10.8 Å².